The summed E-state index contributed by atoms with van der Waals surface area (Å²) in [4.78, 5) is 0. The SMILES string of the molecule is CC1OCCC1S(=O)Cc1ccc(N)cc1Br. The Morgan fingerprint density at radius 1 is 1.59 bits per heavy atom. The molecule has 0 aromatic heterocycles. The number of hydrogen-bond donors (Lipinski definition) is 1. The summed E-state index contributed by atoms with van der Waals surface area (Å²) >= 11 is 3.45. The maximum Gasteiger partial charge on any atom is 0.0691 e. The highest BCUT2D eigenvalue weighted by Crippen LogP contribution is 2.25. The Kier molecular flexibility index (Phi) is 4.22. The molecular formula is C12H16BrNO2S. The van der Waals surface area contributed by atoms with E-state index < -0.39 is 10.8 Å². The Balaban J connectivity index is 2.07. The molecule has 2 N–H and O–H groups in total. The van der Waals surface area contributed by atoms with Crippen LogP contribution in [0.5, 0.6) is 0 Å². The van der Waals surface area contributed by atoms with Crippen LogP contribution in [0, 0.1) is 0 Å². The zero-order valence-electron chi connectivity index (χ0n) is 9.69. The molecule has 1 aliphatic rings. The summed E-state index contributed by atoms with van der Waals surface area (Å²) in [6.07, 6.45) is 0.990. The molecule has 1 aliphatic heterocycles. The van der Waals surface area contributed by atoms with Gasteiger partial charge in [-0.15, -0.1) is 0 Å². The van der Waals surface area contributed by atoms with Crippen molar-refractivity contribution in [1.29, 1.82) is 0 Å². The molecule has 3 nitrogen and oxygen atoms in total. The van der Waals surface area contributed by atoms with Crippen LogP contribution in [0.25, 0.3) is 0 Å². The molecule has 94 valence electrons. The molecule has 3 atom stereocenters. The van der Waals surface area contributed by atoms with Gasteiger partial charge in [0.1, 0.15) is 0 Å². The number of nitrogen functional groups attached to an aromatic ring is 1. The van der Waals surface area contributed by atoms with Crippen LogP contribution in [0.1, 0.15) is 18.9 Å². The molecule has 5 heteroatoms. The predicted molar refractivity (Wildman–Crippen MR) is 74.2 cm³/mol. The number of ether oxygens (including phenoxy) is 1. The predicted octanol–water partition coefficient (Wildman–Crippen LogP) is 2.46. The van der Waals surface area contributed by atoms with Crippen molar-refractivity contribution in [3.8, 4) is 0 Å². The van der Waals surface area contributed by atoms with E-state index in [0.29, 0.717) is 11.4 Å². The zero-order valence-corrected chi connectivity index (χ0v) is 12.1. The van der Waals surface area contributed by atoms with Gasteiger partial charge in [0.2, 0.25) is 0 Å². The van der Waals surface area contributed by atoms with Crippen LogP contribution in [0.2, 0.25) is 0 Å². The van der Waals surface area contributed by atoms with E-state index in [9.17, 15) is 4.21 Å². The van der Waals surface area contributed by atoms with Gasteiger partial charge in [0.15, 0.2) is 0 Å². The second-order valence-corrected chi connectivity index (χ2v) is 6.79. The van der Waals surface area contributed by atoms with Crippen molar-refractivity contribution >= 4 is 32.4 Å². The minimum atomic E-state index is -0.889. The highest BCUT2D eigenvalue weighted by atomic mass is 79.9. The van der Waals surface area contributed by atoms with Gasteiger partial charge in [-0.2, -0.15) is 0 Å². The van der Waals surface area contributed by atoms with Crippen molar-refractivity contribution in [2.45, 2.75) is 30.5 Å². The van der Waals surface area contributed by atoms with Crippen molar-refractivity contribution in [2.75, 3.05) is 12.3 Å². The normalized spacial score (nSPS) is 26.0. The lowest BCUT2D eigenvalue weighted by Crippen LogP contribution is -2.24. The number of nitrogens with two attached hydrogens (primary N) is 1. The number of anilines is 1. The first-order valence-electron chi connectivity index (χ1n) is 5.60. The molecule has 1 heterocycles. The van der Waals surface area contributed by atoms with Gasteiger partial charge in [-0.3, -0.25) is 4.21 Å². The Morgan fingerprint density at radius 3 is 2.94 bits per heavy atom. The smallest absolute Gasteiger partial charge is 0.0691 e. The van der Waals surface area contributed by atoms with Crippen LogP contribution in [0.15, 0.2) is 22.7 Å². The van der Waals surface area contributed by atoms with Gasteiger partial charge in [-0.05, 0) is 31.0 Å². The average Bonchev–Trinajstić information content (AvgIpc) is 2.68. The third-order valence-corrected chi connectivity index (χ3v) is 5.65. The summed E-state index contributed by atoms with van der Waals surface area (Å²) in [6, 6.07) is 5.62. The van der Waals surface area contributed by atoms with Crippen LogP contribution in [-0.2, 0) is 21.3 Å². The molecule has 3 unspecified atom stereocenters. The Morgan fingerprint density at radius 2 is 2.35 bits per heavy atom. The van der Waals surface area contributed by atoms with E-state index in [1.54, 1.807) is 0 Å². The molecule has 0 spiro atoms. The van der Waals surface area contributed by atoms with Gasteiger partial charge < -0.3 is 10.5 Å². The second kappa shape index (κ2) is 5.50. The van der Waals surface area contributed by atoms with E-state index in [1.807, 2.05) is 25.1 Å². The van der Waals surface area contributed by atoms with E-state index in [0.717, 1.165) is 23.1 Å². The van der Waals surface area contributed by atoms with Crippen molar-refractivity contribution in [3.63, 3.8) is 0 Å². The average molecular weight is 318 g/mol. The largest absolute Gasteiger partial charge is 0.399 e. The fourth-order valence-electron chi connectivity index (χ4n) is 2.00. The molecule has 0 saturated carbocycles. The van der Waals surface area contributed by atoms with Gasteiger partial charge in [0.25, 0.3) is 0 Å². The highest BCUT2D eigenvalue weighted by molar-refractivity contribution is 9.10. The van der Waals surface area contributed by atoms with Gasteiger partial charge >= 0.3 is 0 Å². The number of rotatable bonds is 3. The van der Waals surface area contributed by atoms with Crippen molar-refractivity contribution < 1.29 is 8.95 Å². The minimum absolute atomic E-state index is 0.100. The molecule has 17 heavy (non-hydrogen) atoms. The summed E-state index contributed by atoms with van der Waals surface area (Å²) in [5, 5.41) is 0.152. The molecule has 1 aromatic rings. The van der Waals surface area contributed by atoms with Crippen LogP contribution >= 0.6 is 15.9 Å². The number of benzene rings is 1. The first kappa shape index (κ1) is 13.1. The summed E-state index contributed by atoms with van der Waals surface area (Å²) in [6.45, 7) is 2.72. The lowest BCUT2D eigenvalue weighted by atomic mass is 10.2. The quantitative estimate of drug-likeness (QED) is 0.871. The third kappa shape index (κ3) is 3.09. The van der Waals surface area contributed by atoms with Crippen molar-refractivity contribution in [2.24, 2.45) is 0 Å². The maximum atomic E-state index is 12.2. The van der Waals surface area contributed by atoms with Crippen LogP contribution in [0.3, 0.4) is 0 Å². The first-order valence-corrected chi connectivity index (χ1v) is 7.78. The summed E-state index contributed by atoms with van der Waals surface area (Å²) < 4.78 is 18.6. The molecule has 1 saturated heterocycles. The van der Waals surface area contributed by atoms with Crippen molar-refractivity contribution in [3.05, 3.63) is 28.2 Å². The van der Waals surface area contributed by atoms with E-state index in [2.05, 4.69) is 15.9 Å². The topological polar surface area (TPSA) is 52.3 Å². The molecular weight excluding hydrogens is 302 g/mol. The monoisotopic (exact) mass is 317 g/mol. The van der Waals surface area contributed by atoms with Crippen LogP contribution < -0.4 is 5.73 Å². The lowest BCUT2D eigenvalue weighted by molar-refractivity contribution is 0.127. The molecule has 1 fully saturated rings. The molecule has 0 radical (unpaired) electrons. The molecule has 0 bridgehead atoms. The Labute approximate surface area is 112 Å². The number of halogens is 1. The summed E-state index contributed by atoms with van der Waals surface area (Å²) in [7, 11) is -0.889. The highest BCUT2D eigenvalue weighted by Gasteiger charge is 2.29. The third-order valence-electron chi connectivity index (χ3n) is 3.02. The Bertz CT molecular complexity index is 439. The molecule has 1 aromatic carbocycles. The van der Waals surface area contributed by atoms with Crippen molar-refractivity contribution in [1.82, 2.24) is 0 Å². The standard InChI is InChI=1S/C12H16BrNO2S/c1-8-12(4-5-16-8)17(15)7-9-2-3-10(14)6-11(9)13/h2-3,6,8,12H,4-5,7,14H2,1H3. The van der Waals surface area contributed by atoms with Gasteiger partial charge in [0, 0.05) is 27.6 Å². The summed E-state index contributed by atoms with van der Waals surface area (Å²) in [5.74, 6) is 0.555. The van der Waals surface area contributed by atoms with Crippen LogP contribution in [-0.4, -0.2) is 22.2 Å². The Hall–Kier alpha value is -0.390. The van der Waals surface area contributed by atoms with Crippen LogP contribution in [0.4, 0.5) is 5.69 Å². The fraction of sp³-hybridized carbons (Fsp3) is 0.500. The maximum absolute atomic E-state index is 12.2. The first-order chi connectivity index (χ1) is 8.08. The van der Waals surface area contributed by atoms with E-state index in [1.165, 1.54) is 0 Å². The van der Waals surface area contributed by atoms with E-state index in [-0.39, 0.29) is 11.4 Å². The number of hydrogen-bond acceptors (Lipinski definition) is 3. The minimum Gasteiger partial charge on any atom is -0.399 e. The molecule has 2 rings (SSSR count). The van der Waals surface area contributed by atoms with Gasteiger partial charge in [-0.25, -0.2) is 0 Å². The lowest BCUT2D eigenvalue weighted by Gasteiger charge is -2.14. The van der Waals surface area contributed by atoms with E-state index >= 15 is 0 Å². The van der Waals surface area contributed by atoms with E-state index in [4.69, 9.17) is 10.5 Å². The molecule has 0 aliphatic carbocycles. The zero-order chi connectivity index (χ0) is 12.4. The summed E-state index contributed by atoms with van der Waals surface area (Å²) in [5.41, 5.74) is 7.43. The van der Waals surface area contributed by atoms with Gasteiger partial charge in [0.05, 0.1) is 17.1 Å². The molecule has 0 amide bonds. The van der Waals surface area contributed by atoms with Gasteiger partial charge in [-0.1, -0.05) is 22.0 Å². The second-order valence-electron chi connectivity index (χ2n) is 4.28. The fourth-order valence-corrected chi connectivity index (χ4v) is 4.36.